The molecule has 0 bridgehead atoms. The molecule has 2 nitrogen and oxygen atoms in total. The maximum atomic E-state index is 13.0. The third kappa shape index (κ3) is 4.61. The van der Waals surface area contributed by atoms with E-state index in [0.717, 1.165) is 31.5 Å². The second-order valence-corrected chi connectivity index (χ2v) is 7.32. The van der Waals surface area contributed by atoms with Gasteiger partial charge in [-0.2, -0.15) is 0 Å². The number of rotatable bonds is 6. The molecule has 2 aromatic carbocycles. The lowest BCUT2D eigenvalue weighted by molar-refractivity contribution is 0.256. The molecule has 1 aromatic heterocycles. The van der Waals surface area contributed by atoms with Crippen molar-refractivity contribution in [2.24, 2.45) is 0 Å². The summed E-state index contributed by atoms with van der Waals surface area (Å²) in [5.74, 6) is -0.191. The zero-order chi connectivity index (χ0) is 18.5. The molecule has 1 fully saturated rings. The van der Waals surface area contributed by atoms with Crippen molar-refractivity contribution in [2.45, 2.75) is 31.7 Å². The van der Waals surface area contributed by atoms with Crippen LogP contribution in [0.4, 0.5) is 4.39 Å². The van der Waals surface area contributed by atoms with E-state index in [9.17, 15) is 4.39 Å². The quantitative estimate of drug-likeness (QED) is 0.601. The van der Waals surface area contributed by atoms with Gasteiger partial charge in [-0.25, -0.2) is 4.39 Å². The van der Waals surface area contributed by atoms with Crippen molar-refractivity contribution in [3.63, 3.8) is 0 Å². The Morgan fingerprint density at radius 3 is 2.41 bits per heavy atom. The van der Waals surface area contributed by atoms with Gasteiger partial charge in [-0.05, 0) is 67.1 Å². The number of hydrogen-bond acceptors (Lipinski definition) is 2. The molecule has 1 aliphatic rings. The summed E-state index contributed by atoms with van der Waals surface area (Å²) in [5, 5.41) is 0. The number of nitrogens with zero attached hydrogens (tertiary/aromatic N) is 2. The van der Waals surface area contributed by atoms with Crippen LogP contribution in [0.25, 0.3) is 0 Å². The topological polar surface area (TPSA) is 16.1 Å². The molecule has 27 heavy (non-hydrogen) atoms. The van der Waals surface area contributed by atoms with Crippen LogP contribution in [0.3, 0.4) is 0 Å². The Labute approximate surface area is 160 Å². The lowest BCUT2D eigenvalue weighted by atomic mass is 10.0. The van der Waals surface area contributed by atoms with Gasteiger partial charge in [-0.15, -0.1) is 0 Å². The average molecular weight is 360 g/mol. The summed E-state index contributed by atoms with van der Waals surface area (Å²) in [5.41, 5.74) is 4.84. The maximum Gasteiger partial charge on any atom is 0.123 e. The summed E-state index contributed by atoms with van der Waals surface area (Å²) in [6.45, 7) is 2.23. The molecule has 0 amide bonds. The van der Waals surface area contributed by atoms with Crippen LogP contribution in [-0.4, -0.2) is 23.0 Å². The van der Waals surface area contributed by atoms with E-state index in [1.165, 1.54) is 41.8 Å². The van der Waals surface area contributed by atoms with Crippen LogP contribution >= 0.6 is 0 Å². The van der Waals surface area contributed by atoms with Crippen molar-refractivity contribution in [3.05, 3.63) is 101 Å². The first-order valence-corrected chi connectivity index (χ1v) is 9.75. The Kier molecular flexibility index (Phi) is 5.59. The summed E-state index contributed by atoms with van der Waals surface area (Å²) in [4.78, 5) is 7.33. The molecule has 0 aliphatic carbocycles. The molecule has 1 aliphatic heterocycles. The van der Waals surface area contributed by atoms with Crippen LogP contribution < -0.4 is 0 Å². The first-order chi connectivity index (χ1) is 13.3. The fourth-order valence-corrected chi connectivity index (χ4v) is 3.92. The first-order valence-electron chi connectivity index (χ1n) is 9.75. The Balaban J connectivity index is 1.39. The van der Waals surface area contributed by atoms with Gasteiger partial charge < -0.3 is 0 Å². The van der Waals surface area contributed by atoms with Crippen LogP contribution in [0.5, 0.6) is 0 Å². The van der Waals surface area contributed by atoms with E-state index >= 15 is 0 Å². The molecular formula is C24H25FN2. The summed E-state index contributed by atoms with van der Waals surface area (Å²) >= 11 is 0. The maximum absolute atomic E-state index is 13.0. The van der Waals surface area contributed by atoms with Crippen molar-refractivity contribution in [2.75, 3.05) is 13.1 Å². The molecule has 0 radical (unpaired) electrons. The highest BCUT2D eigenvalue weighted by atomic mass is 19.1. The summed E-state index contributed by atoms with van der Waals surface area (Å²) in [6.07, 6.45) is 6.26. The highest BCUT2D eigenvalue weighted by Gasteiger charge is 2.26. The van der Waals surface area contributed by atoms with Crippen molar-refractivity contribution >= 4 is 0 Å². The molecule has 1 saturated heterocycles. The monoisotopic (exact) mass is 360 g/mol. The van der Waals surface area contributed by atoms with Gasteiger partial charge in [0.2, 0.25) is 0 Å². The van der Waals surface area contributed by atoms with Crippen LogP contribution in [0.2, 0.25) is 0 Å². The predicted octanol–water partition coefficient (Wildman–Crippen LogP) is 5.19. The molecule has 3 aromatic rings. The van der Waals surface area contributed by atoms with Crippen LogP contribution in [0.1, 0.15) is 41.3 Å². The Morgan fingerprint density at radius 1 is 0.889 bits per heavy atom. The minimum absolute atomic E-state index is 0.191. The summed E-state index contributed by atoms with van der Waals surface area (Å²) in [6, 6.07) is 22.2. The fourth-order valence-electron chi connectivity index (χ4n) is 3.92. The van der Waals surface area contributed by atoms with Gasteiger partial charge >= 0.3 is 0 Å². The summed E-state index contributed by atoms with van der Waals surface area (Å²) < 4.78 is 13.0. The van der Waals surface area contributed by atoms with E-state index in [1.54, 1.807) is 0 Å². The molecule has 0 N–H and O–H groups in total. The highest BCUT2D eigenvalue weighted by molar-refractivity contribution is 5.26. The molecule has 0 spiro atoms. The van der Waals surface area contributed by atoms with E-state index in [2.05, 4.69) is 47.4 Å². The van der Waals surface area contributed by atoms with E-state index in [0.29, 0.717) is 6.04 Å². The standard InChI is InChI=1S/C24H25FN2/c25-22-11-8-20(9-12-22)17-21-10-13-23(26-18-21)24-7-4-15-27(24)16-14-19-5-2-1-3-6-19/h1-3,5-6,8-13,18,24H,4,7,14-17H2/t24-/m0/s1. The smallest absolute Gasteiger partial charge is 0.123 e. The van der Waals surface area contributed by atoms with Gasteiger partial charge in [-0.1, -0.05) is 48.5 Å². The predicted molar refractivity (Wildman–Crippen MR) is 107 cm³/mol. The van der Waals surface area contributed by atoms with Gasteiger partial charge in [0.25, 0.3) is 0 Å². The highest BCUT2D eigenvalue weighted by Crippen LogP contribution is 2.31. The Hall–Kier alpha value is -2.52. The molecule has 3 heteroatoms. The van der Waals surface area contributed by atoms with Gasteiger partial charge in [0.1, 0.15) is 5.82 Å². The number of halogens is 1. The minimum atomic E-state index is -0.191. The number of benzene rings is 2. The van der Waals surface area contributed by atoms with Gasteiger partial charge in [0.15, 0.2) is 0 Å². The third-order valence-corrected chi connectivity index (χ3v) is 5.40. The Morgan fingerprint density at radius 2 is 1.67 bits per heavy atom. The van der Waals surface area contributed by atoms with Crippen LogP contribution in [0, 0.1) is 5.82 Å². The lowest BCUT2D eigenvalue weighted by Crippen LogP contribution is -2.26. The zero-order valence-corrected chi connectivity index (χ0v) is 15.5. The van der Waals surface area contributed by atoms with Gasteiger partial charge in [0.05, 0.1) is 11.7 Å². The third-order valence-electron chi connectivity index (χ3n) is 5.40. The average Bonchev–Trinajstić information content (AvgIpc) is 3.18. The summed E-state index contributed by atoms with van der Waals surface area (Å²) in [7, 11) is 0. The number of pyridine rings is 1. The normalized spacial score (nSPS) is 17.3. The second-order valence-electron chi connectivity index (χ2n) is 7.32. The lowest BCUT2D eigenvalue weighted by Gasteiger charge is -2.24. The molecular weight excluding hydrogens is 335 g/mol. The van der Waals surface area contributed by atoms with Crippen molar-refractivity contribution in [1.29, 1.82) is 0 Å². The van der Waals surface area contributed by atoms with Crippen molar-refractivity contribution < 1.29 is 4.39 Å². The second kappa shape index (κ2) is 8.45. The largest absolute Gasteiger partial charge is 0.294 e. The minimum Gasteiger partial charge on any atom is -0.294 e. The molecule has 138 valence electrons. The molecule has 1 atom stereocenters. The molecule has 2 heterocycles. The Bertz CT molecular complexity index is 844. The van der Waals surface area contributed by atoms with Crippen LogP contribution in [-0.2, 0) is 12.8 Å². The van der Waals surface area contributed by atoms with Crippen LogP contribution in [0.15, 0.2) is 72.9 Å². The number of aromatic nitrogens is 1. The SMILES string of the molecule is Fc1ccc(Cc2ccc([C@@H]3CCCN3CCc3ccccc3)nc2)cc1. The molecule has 0 unspecified atom stereocenters. The van der Waals surface area contributed by atoms with Crippen molar-refractivity contribution in [3.8, 4) is 0 Å². The van der Waals surface area contributed by atoms with Gasteiger partial charge in [0, 0.05) is 12.7 Å². The van der Waals surface area contributed by atoms with Crippen molar-refractivity contribution in [1.82, 2.24) is 9.88 Å². The fraction of sp³-hybridized carbons (Fsp3) is 0.292. The first kappa shape index (κ1) is 17.9. The van der Waals surface area contributed by atoms with E-state index in [4.69, 9.17) is 4.98 Å². The number of likely N-dealkylation sites (tertiary alicyclic amines) is 1. The zero-order valence-electron chi connectivity index (χ0n) is 15.5. The molecule has 4 rings (SSSR count). The van der Waals surface area contributed by atoms with E-state index in [1.807, 2.05) is 18.3 Å². The van der Waals surface area contributed by atoms with Gasteiger partial charge in [-0.3, -0.25) is 9.88 Å². The molecule has 0 saturated carbocycles. The number of hydrogen-bond donors (Lipinski definition) is 0. The van der Waals surface area contributed by atoms with E-state index in [-0.39, 0.29) is 5.82 Å². The van der Waals surface area contributed by atoms with E-state index < -0.39 is 0 Å².